The Morgan fingerprint density at radius 2 is 2.14 bits per heavy atom. The van der Waals surface area contributed by atoms with Crippen LogP contribution in [-0.2, 0) is 16.0 Å². The molecule has 0 radical (unpaired) electrons. The minimum absolute atomic E-state index is 0.0982. The molecule has 0 saturated heterocycles. The average Bonchev–Trinajstić information content (AvgIpc) is 2.81. The number of anilines is 1. The summed E-state index contributed by atoms with van der Waals surface area (Å²) in [6, 6.07) is 4.79. The molecule has 0 fully saturated rings. The summed E-state index contributed by atoms with van der Waals surface area (Å²) in [5.74, 6) is -1.46. The molecule has 2 N–H and O–H groups in total. The van der Waals surface area contributed by atoms with Crippen molar-refractivity contribution in [3.8, 4) is 0 Å². The van der Waals surface area contributed by atoms with Gasteiger partial charge in [0.25, 0.3) is 5.91 Å². The van der Waals surface area contributed by atoms with E-state index in [1.54, 1.807) is 18.2 Å². The van der Waals surface area contributed by atoms with Crippen molar-refractivity contribution in [1.29, 1.82) is 0 Å². The van der Waals surface area contributed by atoms with Crippen molar-refractivity contribution >= 4 is 23.5 Å². The molecule has 1 aliphatic rings. The highest BCUT2D eigenvalue weighted by Crippen LogP contribution is 2.24. The van der Waals surface area contributed by atoms with Crippen LogP contribution in [0.3, 0.4) is 0 Å². The number of hydrogen-bond donors (Lipinski definition) is 2. The zero-order valence-electron chi connectivity index (χ0n) is 12.0. The summed E-state index contributed by atoms with van der Waals surface area (Å²) in [5, 5.41) is 11.7. The maximum absolute atomic E-state index is 12.5. The molecule has 6 nitrogen and oxygen atoms in total. The Labute approximate surface area is 122 Å². The van der Waals surface area contributed by atoms with Crippen molar-refractivity contribution in [2.45, 2.75) is 32.7 Å². The van der Waals surface area contributed by atoms with Crippen molar-refractivity contribution in [1.82, 2.24) is 4.90 Å². The monoisotopic (exact) mass is 290 g/mol. The molecule has 1 atom stereocenters. The van der Waals surface area contributed by atoms with Crippen LogP contribution in [0.1, 0.15) is 36.2 Å². The third-order valence-corrected chi connectivity index (χ3v) is 3.67. The van der Waals surface area contributed by atoms with Gasteiger partial charge in [-0.3, -0.25) is 14.4 Å². The number of benzene rings is 1. The zero-order chi connectivity index (χ0) is 15.6. The lowest BCUT2D eigenvalue weighted by atomic mass is 10.1. The third kappa shape index (κ3) is 3.21. The number of rotatable bonds is 5. The van der Waals surface area contributed by atoms with Crippen molar-refractivity contribution in [3.05, 3.63) is 29.3 Å². The van der Waals surface area contributed by atoms with E-state index in [0.717, 1.165) is 5.56 Å². The van der Waals surface area contributed by atoms with Gasteiger partial charge >= 0.3 is 5.97 Å². The van der Waals surface area contributed by atoms with E-state index in [4.69, 9.17) is 5.11 Å². The standard InChI is InChI=1S/C15H18N2O4/c1-3-9(2)17(8-14(19)20)15(21)10-4-5-12-11(6-10)7-13(18)16-12/h4-6,9H,3,7-8H2,1-2H3,(H,16,18)(H,19,20). The molecule has 1 aliphatic heterocycles. The SMILES string of the molecule is CCC(C)N(CC(=O)O)C(=O)c1ccc2c(c1)CC(=O)N2. The molecular weight excluding hydrogens is 272 g/mol. The second-order valence-electron chi connectivity index (χ2n) is 5.18. The largest absolute Gasteiger partial charge is 0.480 e. The predicted molar refractivity (Wildman–Crippen MR) is 77.2 cm³/mol. The van der Waals surface area contributed by atoms with Crippen LogP contribution in [0.25, 0.3) is 0 Å². The molecule has 6 heteroatoms. The van der Waals surface area contributed by atoms with Crippen molar-refractivity contribution in [2.75, 3.05) is 11.9 Å². The third-order valence-electron chi connectivity index (χ3n) is 3.67. The van der Waals surface area contributed by atoms with Gasteiger partial charge in [0.2, 0.25) is 5.91 Å². The van der Waals surface area contributed by atoms with Crippen LogP contribution in [-0.4, -0.2) is 40.4 Å². The van der Waals surface area contributed by atoms with Gasteiger partial charge in [-0.2, -0.15) is 0 Å². The molecule has 0 spiro atoms. The molecule has 0 saturated carbocycles. The number of carbonyl (C=O) groups is 3. The second-order valence-corrected chi connectivity index (χ2v) is 5.18. The number of carboxylic acid groups (broad SMARTS) is 1. The van der Waals surface area contributed by atoms with E-state index >= 15 is 0 Å². The summed E-state index contributed by atoms with van der Waals surface area (Å²) >= 11 is 0. The summed E-state index contributed by atoms with van der Waals surface area (Å²) in [5.41, 5.74) is 1.89. The number of carboxylic acids is 1. The first kappa shape index (κ1) is 15.0. The Bertz CT molecular complexity index is 597. The quantitative estimate of drug-likeness (QED) is 0.860. The Morgan fingerprint density at radius 3 is 2.76 bits per heavy atom. The van der Waals surface area contributed by atoms with Gasteiger partial charge in [-0.25, -0.2) is 0 Å². The van der Waals surface area contributed by atoms with E-state index < -0.39 is 5.97 Å². The Morgan fingerprint density at radius 1 is 1.43 bits per heavy atom. The first-order chi connectivity index (χ1) is 9.92. The van der Waals surface area contributed by atoms with Gasteiger partial charge < -0.3 is 15.3 Å². The smallest absolute Gasteiger partial charge is 0.323 e. The van der Waals surface area contributed by atoms with Crippen LogP contribution >= 0.6 is 0 Å². The summed E-state index contributed by atoms with van der Waals surface area (Å²) < 4.78 is 0. The minimum Gasteiger partial charge on any atom is -0.480 e. The van der Waals surface area contributed by atoms with Crippen molar-refractivity contribution in [2.24, 2.45) is 0 Å². The first-order valence-electron chi connectivity index (χ1n) is 6.88. The molecule has 1 aromatic carbocycles. The van der Waals surface area contributed by atoms with Crippen LogP contribution in [0.2, 0.25) is 0 Å². The van der Waals surface area contributed by atoms with Crippen molar-refractivity contribution in [3.63, 3.8) is 0 Å². The van der Waals surface area contributed by atoms with Crippen LogP contribution in [0.4, 0.5) is 5.69 Å². The van der Waals surface area contributed by atoms with Gasteiger partial charge in [0.1, 0.15) is 6.54 Å². The van der Waals surface area contributed by atoms with Crippen molar-refractivity contribution < 1.29 is 19.5 Å². The van der Waals surface area contributed by atoms with Crippen LogP contribution in [0.5, 0.6) is 0 Å². The van der Waals surface area contributed by atoms with Gasteiger partial charge in [0, 0.05) is 17.3 Å². The average molecular weight is 290 g/mol. The van der Waals surface area contributed by atoms with Crippen LogP contribution in [0, 0.1) is 0 Å². The highest BCUT2D eigenvalue weighted by atomic mass is 16.4. The molecule has 112 valence electrons. The highest BCUT2D eigenvalue weighted by molar-refractivity contribution is 6.02. The number of fused-ring (bicyclic) bond motifs is 1. The van der Waals surface area contributed by atoms with Gasteiger partial charge in [-0.05, 0) is 37.1 Å². The number of carbonyl (C=O) groups excluding carboxylic acids is 2. The lowest BCUT2D eigenvalue weighted by molar-refractivity contribution is -0.138. The van der Waals surface area contributed by atoms with E-state index in [1.807, 2.05) is 13.8 Å². The van der Waals surface area contributed by atoms with Gasteiger partial charge in [-0.15, -0.1) is 0 Å². The zero-order valence-corrected chi connectivity index (χ0v) is 12.0. The molecule has 1 aromatic rings. The summed E-state index contributed by atoms with van der Waals surface area (Å²) in [7, 11) is 0. The Hall–Kier alpha value is -2.37. The summed E-state index contributed by atoms with van der Waals surface area (Å²) in [6.07, 6.45) is 0.919. The topological polar surface area (TPSA) is 86.7 Å². The Balaban J connectivity index is 2.27. The molecule has 1 heterocycles. The normalized spacial score (nSPS) is 14.3. The number of aliphatic carboxylic acids is 1. The molecule has 2 rings (SSSR count). The lowest BCUT2D eigenvalue weighted by Crippen LogP contribution is -2.41. The van der Waals surface area contributed by atoms with Gasteiger partial charge in [-0.1, -0.05) is 6.92 Å². The lowest BCUT2D eigenvalue weighted by Gasteiger charge is -2.27. The van der Waals surface area contributed by atoms with E-state index in [-0.39, 0.29) is 30.8 Å². The molecule has 2 amide bonds. The summed E-state index contributed by atoms with van der Waals surface area (Å²) in [6.45, 7) is 3.39. The number of nitrogens with zero attached hydrogens (tertiary/aromatic N) is 1. The highest BCUT2D eigenvalue weighted by Gasteiger charge is 2.25. The first-order valence-corrected chi connectivity index (χ1v) is 6.88. The maximum Gasteiger partial charge on any atom is 0.323 e. The second kappa shape index (κ2) is 5.95. The fourth-order valence-corrected chi connectivity index (χ4v) is 2.32. The maximum atomic E-state index is 12.5. The number of amides is 2. The predicted octanol–water partition coefficient (Wildman–Crippen LogP) is 1.51. The summed E-state index contributed by atoms with van der Waals surface area (Å²) in [4.78, 5) is 36.1. The fraction of sp³-hybridized carbons (Fsp3) is 0.400. The molecule has 0 aromatic heterocycles. The molecular formula is C15H18N2O4. The van der Waals surface area contributed by atoms with E-state index in [1.165, 1.54) is 4.90 Å². The minimum atomic E-state index is -1.04. The number of nitrogens with one attached hydrogen (secondary N) is 1. The van der Waals surface area contributed by atoms with E-state index in [0.29, 0.717) is 17.7 Å². The fourth-order valence-electron chi connectivity index (χ4n) is 2.32. The molecule has 0 bridgehead atoms. The molecule has 21 heavy (non-hydrogen) atoms. The van der Waals surface area contributed by atoms with E-state index in [2.05, 4.69) is 5.32 Å². The van der Waals surface area contributed by atoms with Crippen LogP contribution < -0.4 is 5.32 Å². The van der Waals surface area contributed by atoms with E-state index in [9.17, 15) is 14.4 Å². The van der Waals surface area contributed by atoms with Gasteiger partial charge in [0.15, 0.2) is 0 Å². The molecule has 1 unspecified atom stereocenters. The Kier molecular flexibility index (Phi) is 4.26. The number of hydrogen-bond acceptors (Lipinski definition) is 3. The van der Waals surface area contributed by atoms with Crippen LogP contribution in [0.15, 0.2) is 18.2 Å². The molecule has 0 aliphatic carbocycles. The van der Waals surface area contributed by atoms with Gasteiger partial charge in [0.05, 0.1) is 6.42 Å².